The van der Waals surface area contributed by atoms with Gasteiger partial charge in [0.2, 0.25) is 0 Å². The van der Waals surface area contributed by atoms with Gasteiger partial charge in [0.15, 0.2) is 0 Å². The monoisotopic (exact) mass is 333 g/mol. The number of pyridine rings is 1. The Labute approximate surface area is 140 Å². The molecule has 128 valence electrons. The molecular weight excluding hydrogens is 312 g/mol. The standard InChI is InChI=1S/C18H21F2N3O/c1-3-9-23(10-4-2)18(24)17-12-14(7-8-21-17)22-16-6-5-13(19)11-15(16)20/h5-8,11-12H,3-4,9-10H2,1-2H3,(H,21,22). The Hall–Kier alpha value is -2.50. The summed E-state index contributed by atoms with van der Waals surface area (Å²) in [4.78, 5) is 18.4. The number of anilines is 2. The van der Waals surface area contributed by atoms with E-state index < -0.39 is 11.6 Å². The Morgan fingerprint density at radius 1 is 1.12 bits per heavy atom. The van der Waals surface area contributed by atoms with E-state index in [0.717, 1.165) is 18.9 Å². The van der Waals surface area contributed by atoms with Gasteiger partial charge in [0.05, 0.1) is 5.69 Å². The van der Waals surface area contributed by atoms with Crippen molar-refractivity contribution < 1.29 is 13.6 Å². The topological polar surface area (TPSA) is 45.2 Å². The third kappa shape index (κ3) is 4.50. The first-order valence-electron chi connectivity index (χ1n) is 8.02. The van der Waals surface area contributed by atoms with Gasteiger partial charge in [-0.1, -0.05) is 13.8 Å². The molecule has 0 unspecified atom stereocenters. The highest BCUT2D eigenvalue weighted by molar-refractivity contribution is 5.93. The molecule has 0 aliphatic rings. The number of amides is 1. The Bertz CT molecular complexity index is 700. The van der Waals surface area contributed by atoms with E-state index in [-0.39, 0.29) is 11.6 Å². The van der Waals surface area contributed by atoms with Crippen molar-refractivity contribution in [2.45, 2.75) is 26.7 Å². The molecule has 4 nitrogen and oxygen atoms in total. The highest BCUT2D eigenvalue weighted by Crippen LogP contribution is 2.21. The third-order valence-corrected chi connectivity index (χ3v) is 3.46. The van der Waals surface area contributed by atoms with Gasteiger partial charge >= 0.3 is 0 Å². The van der Waals surface area contributed by atoms with E-state index in [0.29, 0.717) is 24.5 Å². The zero-order chi connectivity index (χ0) is 17.5. The lowest BCUT2D eigenvalue weighted by Gasteiger charge is -2.21. The van der Waals surface area contributed by atoms with Crippen molar-refractivity contribution in [3.8, 4) is 0 Å². The Kier molecular flexibility index (Phi) is 6.23. The van der Waals surface area contributed by atoms with E-state index in [1.54, 1.807) is 17.0 Å². The first-order chi connectivity index (χ1) is 11.5. The second kappa shape index (κ2) is 8.38. The molecule has 6 heteroatoms. The van der Waals surface area contributed by atoms with Gasteiger partial charge in [-0.3, -0.25) is 9.78 Å². The van der Waals surface area contributed by atoms with Crippen LogP contribution in [0.25, 0.3) is 0 Å². The molecule has 1 N–H and O–H groups in total. The summed E-state index contributed by atoms with van der Waals surface area (Å²) in [6.45, 7) is 5.36. The number of nitrogens with one attached hydrogen (secondary N) is 1. The summed E-state index contributed by atoms with van der Waals surface area (Å²) >= 11 is 0. The van der Waals surface area contributed by atoms with E-state index in [1.807, 2.05) is 13.8 Å². The normalized spacial score (nSPS) is 10.5. The van der Waals surface area contributed by atoms with Gasteiger partial charge in [0.25, 0.3) is 5.91 Å². The van der Waals surface area contributed by atoms with E-state index in [9.17, 15) is 13.6 Å². The van der Waals surface area contributed by atoms with E-state index in [1.165, 1.54) is 18.3 Å². The summed E-state index contributed by atoms with van der Waals surface area (Å²) in [5.41, 5.74) is 0.955. The summed E-state index contributed by atoms with van der Waals surface area (Å²) in [7, 11) is 0. The SMILES string of the molecule is CCCN(CCC)C(=O)c1cc(Nc2ccc(F)cc2F)ccn1. The average molecular weight is 333 g/mol. The molecule has 1 heterocycles. The Morgan fingerprint density at radius 2 is 1.83 bits per heavy atom. The smallest absolute Gasteiger partial charge is 0.272 e. The molecule has 2 aromatic rings. The fraction of sp³-hybridized carbons (Fsp3) is 0.333. The fourth-order valence-corrected chi connectivity index (χ4v) is 2.39. The van der Waals surface area contributed by atoms with E-state index >= 15 is 0 Å². The zero-order valence-corrected chi connectivity index (χ0v) is 13.9. The lowest BCUT2D eigenvalue weighted by Crippen LogP contribution is -2.33. The number of rotatable bonds is 7. The number of aromatic nitrogens is 1. The molecule has 1 amide bonds. The van der Waals surface area contributed by atoms with Crippen LogP contribution in [0, 0.1) is 11.6 Å². The lowest BCUT2D eigenvalue weighted by molar-refractivity contribution is 0.0749. The quantitative estimate of drug-likeness (QED) is 0.818. The molecule has 0 saturated heterocycles. The fourth-order valence-electron chi connectivity index (χ4n) is 2.39. The van der Waals surface area contributed by atoms with E-state index in [2.05, 4.69) is 10.3 Å². The molecule has 0 spiro atoms. The maximum atomic E-state index is 13.7. The second-order valence-electron chi connectivity index (χ2n) is 5.47. The number of carbonyl (C=O) groups is 1. The zero-order valence-electron chi connectivity index (χ0n) is 13.9. The highest BCUT2D eigenvalue weighted by atomic mass is 19.1. The van der Waals surface area contributed by atoms with Gasteiger partial charge in [-0.15, -0.1) is 0 Å². The molecular formula is C18H21F2N3O. The summed E-state index contributed by atoms with van der Waals surface area (Å²) in [5, 5.41) is 2.85. The lowest BCUT2D eigenvalue weighted by atomic mass is 10.2. The van der Waals surface area contributed by atoms with Gasteiger partial charge in [-0.2, -0.15) is 0 Å². The van der Waals surface area contributed by atoms with Crippen LogP contribution in [0.15, 0.2) is 36.5 Å². The maximum absolute atomic E-state index is 13.7. The third-order valence-electron chi connectivity index (χ3n) is 3.46. The van der Waals surface area contributed by atoms with Gasteiger partial charge < -0.3 is 10.2 Å². The van der Waals surface area contributed by atoms with Gasteiger partial charge in [-0.05, 0) is 37.1 Å². The molecule has 0 aliphatic heterocycles. The molecule has 24 heavy (non-hydrogen) atoms. The van der Waals surface area contributed by atoms with Crippen LogP contribution in [0.1, 0.15) is 37.2 Å². The molecule has 0 radical (unpaired) electrons. The van der Waals surface area contributed by atoms with E-state index in [4.69, 9.17) is 0 Å². The van der Waals surface area contributed by atoms with Crippen LogP contribution in [0.5, 0.6) is 0 Å². The minimum atomic E-state index is -0.696. The molecule has 0 bridgehead atoms. The number of nitrogens with zero attached hydrogens (tertiary/aromatic N) is 2. The number of hydrogen-bond donors (Lipinski definition) is 1. The summed E-state index contributed by atoms with van der Waals surface area (Å²) < 4.78 is 26.7. The van der Waals surface area contributed by atoms with Crippen molar-refractivity contribution in [1.29, 1.82) is 0 Å². The predicted molar refractivity (Wildman–Crippen MR) is 90.4 cm³/mol. The van der Waals surface area contributed by atoms with Crippen LogP contribution in [0.2, 0.25) is 0 Å². The molecule has 1 aromatic carbocycles. The van der Waals surface area contributed by atoms with Gasteiger partial charge in [-0.25, -0.2) is 8.78 Å². The van der Waals surface area contributed by atoms with Crippen molar-refractivity contribution in [3.05, 3.63) is 53.9 Å². The highest BCUT2D eigenvalue weighted by Gasteiger charge is 2.16. The minimum absolute atomic E-state index is 0.139. The van der Waals surface area contributed by atoms with Crippen molar-refractivity contribution in [3.63, 3.8) is 0 Å². The first kappa shape index (κ1) is 17.8. The van der Waals surface area contributed by atoms with Crippen LogP contribution in [-0.4, -0.2) is 28.9 Å². The van der Waals surface area contributed by atoms with Crippen LogP contribution in [-0.2, 0) is 0 Å². The van der Waals surface area contributed by atoms with Crippen LogP contribution >= 0.6 is 0 Å². The van der Waals surface area contributed by atoms with Crippen molar-refractivity contribution >= 4 is 17.3 Å². The minimum Gasteiger partial charge on any atom is -0.353 e. The maximum Gasteiger partial charge on any atom is 0.272 e. The predicted octanol–water partition coefficient (Wildman–Crippen LogP) is 4.37. The molecule has 0 aliphatic carbocycles. The summed E-state index contributed by atoms with van der Waals surface area (Å²) in [6, 6.07) is 6.49. The molecule has 0 saturated carbocycles. The van der Waals surface area contributed by atoms with Crippen LogP contribution < -0.4 is 5.32 Å². The van der Waals surface area contributed by atoms with Crippen molar-refractivity contribution in [2.24, 2.45) is 0 Å². The first-order valence-corrected chi connectivity index (χ1v) is 8.02. The Morgan fingerprint density at radius 3 is 2.46 bits per heavy atom. The van der Waals surface area contributed by atoms with Crippen LogP contribution in [0.3, 0.4) is 0 Å². The number of carbonyl (C=O) groups excluding carboxylic acids is 1. The number of halogens is 2. The molecule has 0 atom stereocenters. The van der Waals surface area contributed by atoms with Gasteiger partial charge in [0.1, 0.15) is 17.3 Å². The van der Waals surface area contributed by atoms with Gasteiger partial charge in [0, 0.05) is 31.0 Å². The van der Waals surface area contributed by atoms with Crippen molar-refractivity contribution in [2.75, 3.05) is 18.4 Å². The second-order valence-corrected chi connectivity index (χ2v) is 5.47. The van der Waals surface area contributed by atoms with Crippen LogP contribution in [0.4, 0.5) is 20.2 Å². The molecule has 1 aromatic heterocycles. The number of benzene rings is 1. The average Bonchev–Trinajstić information content (AvgIpc) is 2.57. The molecule has 2 rings (SSSR count). The largest absolute Gasteiger partial charge is 0.353 e. The number of hydrogen-bond acceptors (Lipinski definition) is 3. The van der Waals surface area contributed by atoms with Crippen molar-refractivity contribution in [1.82, 2.24) is 9.88 Å². The summed E-state index contributed by atoms with van der Waals surface area (Å²) in [6.07, 6.45) is 3.22. The summed E-state index contributed by atoms with van der Waals surface area (Å²) in [5.74, 6) is -1.49. The Balaban J connectivity index is 2.20. The molecule has 0 fully saturated rings.